The number of halogens is 1. The van der Waals surface area contributed by atoms with Crippen LogP contribution in [0.1, 0.15) is 26.3 Å². The zero-order valence-electron chi connectivity index (χ0n) is 16.8. The smallest absolute Gasteiger partial charge is 0.339 e. The normalized spacial score (nSPS) is 10.3. The topological polar surface area (TPSA) is 139 Å². The molecule has 0 unspecified atom stereocenters. The molecule has 0 N–H and O–H groups in total. The molecule has 0 amide bonds. The van der Waals surface area contributed by atoms with E-state index < -0.39 is 45.1 Å². The van der Waals surface area contributed by atoms with Crippen LogP contribution in [-0.2, 0) is 11.3 Å². The van der Waals surface area contributed by atoms with Gasteiger partial charge >= 0.3 is 5.97 Å². The number of carbonyl (C=O) groups excluding carboxylic acids is 2. The van der Waals surface area contributed by atoms with Gasteiger partial charge in [0.1, 0.15) is 12.4 Å². The fraction of sp³-hybridized carbons (Fsp3) is 0.0909. The van der Waals surface area contributed by atoms with Gasteiger partial charge in [0, 0.05) is 17.7 Å². The van der Waals surface area contributed by atoms with Gasteiger partial charge in [-0.25, -0.2) is 4.79 Å². The van der Waals surface area contributed by atoms with E-state index in [1.165, 1.54) is 12.1 Å². The summed E-state index contributed by atoms with van der Waals surface area (Å²) in [6, 6.07) is 17.4. The van der Waals surface area contributed by atoms with Crippen LogP contribution in [0.4, 0.5) is 11.4 Å². The van der Waals surface area contributed by atoms with E-state index in [2.05, 4.69) is 15.9 Å². The molecule has 3 aromatic rings. The van der Waals surface area contributed by atoms with Gasteiger partial charge in [-0.2, -0.15) is 0 Å². The first-order valence-electron chi connectivity index (χ1n) is 9.35. The summed E-state index contributed by atoms with van der Waals surface area (Å²) in [5, 5.41) is 22.2. The summed E-state index contributed by atoms with van der Waals surface area (Å²) >= 11 is 2.79. The van der Waals surface area contributed by atoms with Gasteiger partial charge in [-0.1, -0.05) is 30.3 Å². The van der Waals surface area contributed by atoms with E-state index in [-0.39, 0.29) is 10.0 Å². The molecule has 168 valence electrons. The van der Waals surface area contributed by atoms with Crippen LogP contribution in [0.5, 0.6) is 5.75 Å². The van der Waals surface area contributed by atoms with Crippen LogP contribution in [0.2, 0.25) is 0 Å². The number of Topliss-reactive ketones (excluding diaryl/α,β-unsaturated/α-hetero) is 1. The van der Waals surface area contributed by atoms with E-state index in [0.717, 1.165) is 17.7 Å². The lowest BCUT2D eigenvalue weighted by molar-refractivity contribution is -0.395. The first-order valence-corrected chi connectivity index (χ1v) is 10.1. The Morgan fingerprint density at radius 1 is 0.848 bits per heavy atom. The third-order valence-corrected chi connectivity index (χ3v) is 5.23. The number of rotatable bonds is 9. The van der Waals surface area contributed by atoms with Gasteiger partial charge in [0.25, 0.3) is 11.4 Å². The second-order valence-electron chi connectivity index (χ2n) is 6.64. The number of nitro benzene ring substituents is 2. The molecule has 0 spiro atoms. The number of carbonyl (C=O) groups is 2. The highest BCUT2D eigenvalue weighted by Crippen LogP contribution is 2.35. The Kier molecular flexibility index (Phi) is 7.46. The third-order valence-electron chi connectivity index (χ3n) is 4.42. The Balaban J connectivity index is 1.63. The summed E-state index contributed by atoms with van der Waals surface area (Å²) in [5.41, 5.74) is -0.531. The Morgan fingerprint density at radius 3 is 1.97 bits per heavy atom. The first-order chi connectivity index (χ1) is 15.8. The van der Waals surface area contributed by atoms with Crippen molar-refractivity contribution in [3.05, 3.63) is 108 Å². The van der Waals surface area contributed by atoms with Gasteiger partial charge in [0.05, 0.1) is 15.4 Å². The van der Waals surface area contributed by atoms with Crippen LogP contribution in [0.3, 0.4) is 0 Å². The van der Waals surface area contributed by atoms with Crippen molar-refractivity contribution in [1.29, 1.82) is 0 Å². The molecule has 0 aromatic heterocycles. The van der Waals surface area contributed by atoms with Gasteiger partial charge in [0.2, 0.25) is 0 Å². The molecule has 0 fully saturated rings. The number of nitrogens with zero attached hydrogens (tertiary/aromatic N) is 2. The quantitative estimate of drug-likeness (QED) is 0.170. The molecule has 33 heavy (non-hydrogen) atoms. The minimum absolute atomic E-state index is 0.252. The number of ketones is 1. The maximum absolute atomic E-state index is 12.3. The lowest BCUT2D eigenvalue weighted by atomic mass is 10.1. The zero-order chi connectivity index (χ0) is 24.0. The molecule has 0 bridgehead atoms. The SMILES string of the molecule is O=C(COC(=O)c1cc([N+](=O)[O-])c(Br)c([N+](=O)[O-])c1)c1ccc(OCc2ccccc2)cc1. The molecule has 3 rings (SSSR count). The van der Waals surface area contributed by atoms with Gasteiger partial charge in [-0.3, -0.25) is 25.0 Å². The van der Waals surface area contributed by atoms with Gasteiger partial charge in [-0.05, 0) is 45.8 Å². The highest BCUT2D eigenvalue weighted by molar-refractivity contribution is 9.10. The fourth-order valence-electron chi connectivity index (χ4n) is 2.75. The number of nitro groups is 2. The Hall–Kier alpha value is -4.12. The van der Waals surface area contributed by atoms with Crippen molar-refractivity contribution in [2.75, 3.05) is 6.61 Å². The Bertz CT molecular complexity index is 1180. The Morgan fingerprint density at radius 2 is 1.42 bits per heavy atom. The van der Waals surface area contributed by atoms with Crippen molar-refractivity contribution in [3.8, 4) is 5.75 Å². The molecule has 0 aliphatic heterocycles. The number of esters is 1. The average molecular weight is 515 g/mol. The highest BCUT2D eigenvalue weighted by atomic mass is 79.9. The van der Waals surface area contributed by atoms with Crippen molar-refractivity contribution in [3.63, 3.8) is 0 Å². The summed E-state index contributed by atoms with van der Waals surface area (Å²) in [6.07, 6.45) is 0. The maximum atomic E-state index is 12.3. The van der Waals surface area contributed by atoms with E-state index >= 15 is 0 Å². The molecule has 0 saturated heterocycles. The van der Waals surface area contributed by atoms with Crippen molar-refractivity contribution in [2.45, 2.75) is 6.61 Å². The van der Waals surface area contributed by atoms with Crippen LogP contribution >= 0.6 is 15.9 Å². The number of ether oxygens (including phenoxy) is 2. The van der Waals surface area contributed by atoms with Crippen LogP contribution in [0.15, 0.2) is 71.2 Å². The summed E-state index contributed by atoms with van der Waals surface area (Å²) in [4.78, 5) is 45.1. The van der Waals surface area contributed by atoms with Crippen LogP contribution < -0.4 is 4.74 Å². The average Bonchev–Trinajstić information content (AvgIpc) is 2.81. The van der Waals surface area contributed by atoms with Gasteiger partial charge in [0.15, 0.2) is 16.9 Å². The van der Waals surface area contributed by atoms with E-state index in [1.807, 2.05) is 30.3 Å². The predicted octanol–water partition coefficient (Wildman–Crippen LogP) is 4.88. The molecular weight excluding hydrogens is 500 g/mol. The lowest BCUT2D eigenvalue weighted by Gasteiger charge is -2.08. The van der Waals surface area contributed by atoms with Crippen LogP contribution in [-0.4, -0.2) is 28.2 Å². The number of hydrogen-bond acceptors (Lipinski definition) is 8. The van der Waals surface area contributed by atoms with E-state index in [9.17, 15) is 29.8 Å². The molecule has 0 atom stereocenters. The summed E-state index contributed by atoms with van der Waals surface area (Å²) < 4.78 is 10.2. The van der Waals surface area contributed by atoms with E-state index in [0.29, 0.717) is 12.4 Å². The standard InChI is InChI=1S/C22H15BrN2O8/c23-21-18(24(28)29)10-16(11-19(21)25(30)31)22(27)33-13-20(26)15-6-8-17(9-7-15)32-12-14-4-2-1-3-5-14/h1-11H,12-13H2. The molecular formula is C22H15BrN2O8. The van der Waals surface area contributed by atoms with Crippen LogP contribution in [0.25, 0.3) is 0 Å². The Labute approximate surface area is 195 Å². The molecule has 0 aliphatic carbocycles. The monoisotopic (exact) mass is 514 g/mol. The second kappa shape index (κ2) is 10.5. The van der Waals surface area contributed by atoms with E-state index in [4.69, 9.17) is 9.47 Å². The molecule has 0 aliphatic rings. The van der Waals surface area contributed by atoms with Crippen molar-refractivity contribution < 1.29 is 28.9 Å². The fourth-order valence-corrected chi connectivity index (χ4v) is 3.27. The summed E-state index contributed by atoms with van der Waals surface area (Å²) in [5.74, 6) is -1.09. The second-order valence-corrected chi connectivity index (χ2v) is 7.43. The highest BCUT2D eigenvalue weighted by Gasteiger charge is 2.27. The minimum atomic E-state index is -1.11. The van der Waals surface area contributed by atoms with Gasteiger partial charge in [-0.15, -0.1) is 0 Å². The van der Waals surface area contributed by atoms with Gasteiger partial charge < -0.3 is 9.47 Å². The predicted molar refractivity (Wildman–Crippen MR) is 119 cm³/mol. The first kappa shape index (κ1) is 23.5. The van der Waals surface area contributed by atoms with Crippen LogP contribution in [0, 0.1) is 20.2 Å². The van der Waals surface area contributed by atoms with Crippen molar-refractivity contribution >= 4 is 39.1 Å². The molecule has 10 nitrogen and oxygen atoms in total. The zero-order valence-corrected chi connectivity index (χ0v) is 18.4. The lowest BCUT2D eigenvalue weighted by Crippen LogP contribution is -2.15. The van der Waals surface area contributed by atoms with E-state index in [1.54, 1.807) is 12.1 Å². The third kappa shape index (κ3) is 5.98. The number of hydrogen-bond donors (Lipinski definition) is 0. The molecule has 0 heterocycles. The number of benzene rings is 3. The minimum Gasteiger partial charge on any atom is -0.489 e. The summed E-state index contributed by atoms with van der Waals surface area (Å²) in [7, 11) is 0. The molecule has 0 saturated carbocycles. The molecule has 11 heteroatoms. The van der Waals surface area contributed by atoms with Crippen molar-refractivity contribution in [1.82, 2.24) is 0 Å². The molecule has 0 radical (unpaired) electrons. The molecule has 3 aromatic carbocycles. The summed E-state index contributed by atoms with van der Waals surface area (Å²) in [6.45, 7) is -0.294. The van der Waals surface area contributed by atoms with Crippen molar-refractivity contribution in [2.24, 2.45) is 0 Å². The largest absolute Gasteiger partial charge is 0.489 e. The maximum Gasteiger partial charge on any atom is 0.339 e.